The monoisotopic (exact) mass is 177 g/mol. The van der Waals surface area contributed by atoms with Crippen LogP contribution in [0.4, 0.5) is 5.69 Å². The molecule has 0 bridgehead atoms. The Morgan fingerprint density at radius 2 is 2.15 bits per heavy atom. The highest BCUT2D eigenvalue weighted by Gasteiger charge is 2.08. The van der Waals surface area contributed by atoms with Crippen molar-refractivity contribution in [2.45, 2.75) is 12.8 Å². The standard InChI is InChI=1S/C9H9N2O2/c1-7(6-10)8-4-2-3-5-9(8)11(12)13/h2-5,7,12H,1H3/q-1/t7-/m1/s1. The summed E-state index contributed by atoms with van der Waals surface area (Å²) in [6.07, 6.45) is 0. The molecule has 0 spiro atoms. The van der Waals surface area contributed by atoms with Crippen molar-refractivity contribution >= 4 is 5.69 Å². The molecule has 4 heteroatoms. The Morgan fingerprint density at radius 3 is 2.69 bits per heavy atom. The summed E-state index contributed by atoms with van der Waals surface area (Å²) in [7, 11) is 0. The molecule has 0 aliphatic carbocycles. The number of hydrogen-bond acceptors (Lipinski definition) is 4. The van der Waals surface area contributed by atoms with E-state index in [-0.39, 0.29) is 10.9 Å². The molecule has 0 aliphatic heterocycles. The minimum Gasteiger partial charge on any atom is -0.733 e. The van der Waals surface area contributed by atoms with Gasteiger partial charge in [-0.2, -0.15) is 5.26 Å². The van der Waals surface area contributed by atoms with E-state index in [4.69, 9.17) is 10.5 Å². The van der Waals surface area contributed by atoms with Gasteiger partial charge in [0.25, 0.3) is 0 Å². The lowest BCUT2D eigenvalue weighted by Crippen LogP contribution is -2.10. The van der Waals surface area contributed by atoms with Crippen LogP contribution in [0.25, 0.3) is 0 Å². The first-order chi connectivity index (χ1) is 6.16. The van der Waals surface area contributed by atoms with Crippen molar-refractivity contribution in [3.8, 4) is 6.07 Å². The smallest absolute Gasteiger partial charge is 0.0705 e. The van der Waals surface area contributed by atoms with Crippen LogP contribution in [0.5, 0.6) is 0 Å². The zero-order valence-electron chi connectivity index (χ0n) is 7.14. The Kier molecular flexibility index (Phi) is 2.85. The van der Waals surface area contributed by atoms with Crippen molar-refractivity contribution in [2.75, 3.05) is 5.23 Å². The first-order valence-corrected chi connectivity index (χ1v) is 3.81. The van der Waals surface area contributed by atoms with Crippen LogP contribution in [-0.2, 0) is 0 Å². The van der Waals surface area contributed by atoms with Gasteiger partial charge in [-0.05, 0) is 18.6 Å². The predicted octanol–water partition coefficient (Wildman–Crippen LogP) is 2.01. The molecule has 1 rings (SSSR count). The molecule has 1 aromatic carbocycles. The molecule has 1 atom stereocenters. The molecule has 1 N–H and O–H groups in total. The van der Waals surface area contributed by atoms with E-state index in [2.05, 4.69) is 0 Å². The average molecular weight is 177 g/mol. The van der Waals surface area contributed by atoms with E-state index in [0.29, 0.717) is 5.56 Å². The summed E-state index contributed by atoms with van der Waals surface area (Å²) in [5, 5.41) is 27.8. The van der Waals surface area contributed by atoms with Crippen LogP contribution >= 0.6 is 0 Å². The van der Waals surface area contributed by atoms with Gasteiger partial charge in [0.1, 0.15) is 0 Å². The van der Waals surface area contributed by atoms with Crippen molar-refractivity contribution in [3.05, 3.63) is 35.0 Å². The average Bonchev–Trinajstić information content (AvgIpc) is 2.16. The topological polar surface area (TPSA) is 70.3 Å². The lowest BCUT2D eigenvalue weighted by Gasteiger charge is -2.25. The maximum absolute atomic E-state index is 10.6. The number of nitriles is 1. The molecular weight excluding hydrogens is 168 g/mol. The number of rotatable bonds is 2. The van der Waals surface area contributed by atoms with Gasteiger partial charge in [0.05, 0.1) is 17.7 Å². The van der Waals surface area contributed by atoms with Crippen molar-refractivity contribution in [1.82, 2.24) is 0 Å². The molecule has 1 aromatic rings. The third-order valence-electron chi connectivity index (χ3n) is 1.80. The highest BCUT2D eigenvalue weighted by molar-refractivity contribution is 5.54. The van der Waals surface area contributed by atoms with Crippen molar-refractivity contribution in [3.63, 3.8) is 0 Å². The maximum atomic E-state index is 10.6. The summed E-state index contributed by atoms with van der Waals surface area (Å²) in [5.41, 5.74) is 0.652. The van der Waals surface area contributed by atoms with Gasteiger partial charge in [-0.25, -0.2) is 0 Å². The van der Waals surface area contributed by atoms with Gasteiger partial charge < -0.3 is 10.4 Å². The molecule has 0 fully saturated rings. The van der Waals surface area contributed by atoms with Crippen LogP contribution in [0.1, 0.15) is 18.4 Å². The van der Waals surface area contributed by atoms with Gasteiger partial charge in [0.15, 0.2) is 0 Å². The van der Waals surface area contributed by atoms with Gasteiger partial charge in [0.2, 0.25) is 0 Å². The van der Waals surface area contributed by atoms with Crippen LogP contribution in [0.3, 0.4) is 0 Å². The first kappa shape index (κ1) is 9.52. The number of para-hydroxylation sites is 1. The van der Waals surface area contributed by atoms with Gasteiger partial charge in [0, 0.05) is 0 Å². The van der Waals surface area contributed by atoms with E-state index < -0.39 is 5.92 Å². The molecule has 0 unspecified atom stereocenters. The molecule has 0 amide bonds. The molecule has 0 aromatic heterocycles. The number of benzene rings is 1. The number of nitrogens with zero attached hydrogens (tertiary/aromatic N) is 2. The molecule has 13 heavy (non-hydrogen) atoms. The van der Waals surface area contributed by atoms with Gasteiger partial charge in [-0.1, -0.05) is 18.2 Å². The largest absolute Gasteiger partial charge is 0.733 e. The zero-order valence-corrected chi connectivity index (χ0v) is 7.14. The summed E-state index contributed by atoms with van der Waals surface area (Å²) < 4.78 is 0. The van der Waals surface area contributed by atoms with E-state index in [1.54, 1.807) is 25.1 Å². The summed E-state index contributed by atoms with van der Waals surface area (Å²) in [6, 6.07) is 8.46. The molecule has 0 aliphatic rings. The molecular formula is C9H9N2O2-. The fraction of sp³-hybridized carbons (Fsp3) is 0.222. The summed E-state index contributed by atoms with van der Waals surface area (Å²) in [6.45, 7) is 1.67. The quantitative estimate of drug-likeness (QED) is 0.701. The zero-order chi connectivity index (χ0) is 9.84. The van der Waals surface area contributed by atoms with E-state index in [0.717, 1.165) is 0 Å². The van der Waals surface area contributed by atoms with E-state index in [9.17, 15) is 5.21 Å². The molecule has 0 radical (unpaired) electrons. The van der Waals surface area contributed by atoms with Gasteiger partial charge >= 0.3 is 0 Å². The SMILES string of the molecule is C[C@H](C#N)c1ccccc1N([O-])O. The number of hydrogen-bond donors (Lipinski definition) is 1. The lowest BCUT2D eigenvalue weighted by atomic mass is 10.0. The third-order valence-corrected chi connectivity index (χ3v) is 1.80. The Labute approximate surface area is 76.2 Å². The summed E-state index contributed by atoms with van der Waals surface area (Å²) in [4.78, 5) is 0. The second-order valence-corrected chi connectivity index (χ2v) is 2.68. The Bertz CT molecular complexity index is 331. The molecule has 0 saturated carbocycles. The van der Waals surface area contributed by atoms with E-state index >= 15 is 0 Å². The highest BCUT2D eigenvalue weighted by Crippen LogP contribution is 2.25. The minimum atomic E-state index is -0.403. The van der Waals surface area contributed by atoms with E-state index in [1.165, 1.54) is 6.07 Å². The van der Waals surface area contributed by atoms with Crippen molar-refractivity contribution < 1.29 is 5.21 Å². The van der Waals surface area contributed by atoms with Gasteiger partial charge in [-0.3, -0.25) is 5.21 Å². The number of anilines is 1. The molecule has 0 saturated heterocycles. The molecule has 0 heterocycles. The van der Waals surface area contributed by atoms with Crippen LogP contribution in [0.15, 0.2) is 24.3 Å². The highest BCUT2D eigenvalue weighted by atomic mass is 16.8. The second kappa shape index (κ2) is 3.90. The van der Waals surface area contributed by atoms with Crippen LogP contribution in [0, 0.1) is 16.5 Å². The summed E-state index contributed by atoms with van der Waals surface area (Å²) in [5.74, 6) is -0.403. The Morgan fingerprint density at radius 1 is 1.54 bits per heavy atom. The van der Waals surface area contributed by atoms with Gasteiger partial charge in [-0.15, -0.1) is 0 Å². The van der Waals surface area contributed by atoms with Crippen molar-refractivity contribution in [1.29, 1.82) is 5.26 Å². The second-order valence-electron chi connectivity index (χ2n) is 2.68. The Balaban J connectivity index is 3.13. The van der Waals surface area contributed by atoms with Crippen molar-refractivity contribution in [2.24, 2.45) is 0 Å². The van der Waals surface area contributed by atoms with Crippen LogP contribution in [0.2, 0.25) is 0 Å². The first-order valence-electron chi connectivity index (χ1n) is 3.81. The minimum absolute atomic E-state index is 0.122. The van der Waals surface area contributed by atoms with E-state index in [1.807, 2.05) is 6.07 Å². The fourth-order valence-corrected chi connectivity index (χ4v) is 1.10. The summed E-state index contributed by atoms with van der Waals surface area (Å²) >= 11 is 0. The van der Waals surface area contributed by atoms with Crippen LogP contribution in [-0.4, -0.2) is 5.21 Å². The fourth-order valence-electron chi connectivity index (χ4n) is 1.10. The Hall–Kier alpha value is -1.57. The normalized spacial score (nSPS) is 11.8. The molecule has 68 valence electrons. The lowest BCUT2D eigenvalue weighted by molar-refractivity contribution is 0.295. The molecule has 4 nitrogen and oxygen atoms in total. The maximum Gasteiger partial charge on any atom is 0.0705 e. The third kappa shape index (κ3) is 1.96. The van der Waals surface area contributed by atoms with Crippen LogP contribution < -0.4 is 5.23 Å². The predicted molar refractivity (Wildman–Crippen MR) is 48.1 cm³/mol.